The van der Waals surface area contributed by atoms with E-state index in [4.69, 9.17) is 9.47 Å². The number of hydrogen-bond acceptors (Lipinski definition) is 4. The highest BCUT2D eigenvalue weighted by atomic mass is 16.7. The van der Waals surface area contributed by atoms with Gasteiger partial charge in [0.15, 0.2) is 6.29 Å². The lowest BCUT2D eigenvalue weighted by molar-refractivity contribution is -0.122. The van der Waals surface area contributed by atoms with Crippen molar-refractivity contribution < 1.29 is 19.1 Å². The molecule has 2 aromatic carbocycles. The Bertz CT molecular complexity index is 774. The predicted octanol–water partition coefficient (Wildman–Crippen LogP) is 4.49. The van der Waals surface area contributed by atoms with Crippen molar-refractivity contribution in [1.82, 2.24) is 10.9 Å². The number of rotatable bonds is 11. The number of hydrazine groups is 1. The average Bonchev–Trinajstić information content (AvgIpc) is 2.79. The van der Waals surface area contributed by atoms with Crippen LogP contribution in [0.5, 0.6) is 0 Å². The summed E-state index contributed by atoms with van der Waals surface area (Å²) in [6.07, 6.45) is 4.15. The monoisotopic (exact) mass is 412 g/mol. The van der Waals surface area contributed by atoms with Gasteiger partial charge in [-0.15, -0.1) is 0 Å². The molecule has 0 heterocycles. The molecule has 0 fully saturated rings. The highest BCUT2D eigenvalue weighted by molar-refractivity contribution is 5.95. The van der Waals surface area contributed by atoms with Crippen molar-refractivity contribution in [2.24, 2.45) is 0 Å². The third-order valence-electron chi connectivity index (χ3n) is 5.05. The van der Waals surface area contributed by atoms with Crippen LogP contribution in [-0.4, -0.2) is 26.0 Å². The van der Waals surface area contributed by atoms with Crippen molar-refractivity contribution in [1.29, 1.82) is 0 Å². The molecule has 0 saturated heterocycles. The van der Waals surface area contributed by atoms with Crippen molar-refractivity contribution in [3.8, 4) is 0 Å². The Morgan fingerprint density at radius 3 is 2.13 bits per heavy atom. The highest BCUT2D eigenvalue weighted by Crippen LogP contribution is 2.25. The number of unbranched alkanes of at least 4 members (excludes halogenated alkanes) is 2. The summed E-state index contributed by atoms with van der Waals surface area (Å²) in [5, 5.41) is 0. The second-order valence-corrected chi connectivity index (χ2v) is 7.24. The van der Waals surface area contributed by atoms with Gasteiger partial charge in [0.05, 0.1) is 0 Å². The van der Waals surface area contributed by atoms with E-state index in [-0.39, 0.29) is 17.7 Å². The van der Waals surface area contributed by atoms with Crippen molar-refractivity contribution in [2.45, 2.75) is 51.2 Å². The van der Waals surface area contributed by atoms with E-state index in [1.54, 1.807) is 38.5 Å². The highest BCUT2D eigenvalue weighted by Gasteiger charge is 2.17. The molecule has 0 aliphatic rings. The molecule has 0 aromatic heterocycles. The molecule has 1 atom stereocenters. The Kier molecular flexibility index (Phi) is 10.0. The first kappa shape index (κ1) is 23.6. The number of nitrogens with one attached hydrogen (secondary N) is 2. The lowest BCUT2D eigenvalue weighted by Crippen LogP contribution is -2.42. The number of hydrogen-bond donors (Lipinski definition) is 2. The molecule has 0 aliphatic heterocycles. The Labute approximate surface area is 178 Å². The van der Waals surface area contributed by atoms with E-state index in [9.17, 15) is 9.59 Å². The van der Waals surface area contributed by atoms with Gasteiger partial charge in [0.1, 0.15) is 0 Å². The van der Waals surface area contributed by atoms with E-state index in [0.29, 0.717) is 12.0 Å². The third-order valence-corrected chi connectivity index (χ3v) is 5.05. The number of benzene rings is 2. The second-order valence-electron chi connectivity index (χ2n) is 7.24. The van der Waals surface area contributed by atoms with Crippen molar-refractivity contribution in [3.63, 3.8) is 0 Å². The molecule has 6 nitrogen and oxygen atoms in total. The quantitative estimate of drug-likeness (QED) is 0.324. The van der Waals surface area contributed by atoms with Crippen LogP contribution in [0, 0.1) is 0 Å². The van der Waals surface area contributed by atoms with Crippen LogP contribution in [0.15, 0.2) is 54.6 Å². The Balaban J connectivity index is 1.90. The minimum absolute atomic E-state index is 0.133. The smallest absolute Gasteiger partial charge is 0.269 e. The maximum absolute atomic E-state index is 12.5. The third kappa shape index (κ3) is 7.28. The van der Waals surface area contributed by atoms with E-state index in [2.05, 4.69) is 29.9 Å². The average molecular weight is 413 g/mol. The van der Waals surface area contributed by atoms with E-state index in [1.165, 1.54) is 0 Å². The van der Waals surface area contributed by atoms with Gasteiger partial charge in [-0.1, -0.05) is 68.7 Å². The zero-order valence-corrected chi connectivity index (χ0v) is 18.0. The lowest BCUT2D eigenvalue weighted by Gasteiger charge is -2.17. The van der Waals surface area contributed by atoms with Crippen molar-refractivity contribution in [3.05, 3.63) is 71.3 Å². The number of methoxy groups -OCH3 is 2. The van der Waals surface area contributed by atoms with Gasteiger partial charge < -0.3 is 9.47 Å². The summed E-state index contributed by atoms with van der Waals surface area (Å²) >= 11 is 0. The standard InChI is InChI=1S/C24H32N2O4/c1-4-5-7-12-21(18-10-8-6-9-11-18)17-22(27)25-26-23(28)19-13-15-20(16-14-19)24(29-2)30-3/h6,8-11,13-16,21,24H,4-5,7,12,17H2,1-3H3,(H,25,27)(H,26,28)/t21-/m0/s1. The molecule has 0 bridgehead atoms. The van der Waals surface area contributed by atoms with E-state index in [1.807, 2.05) is 18.2 Å². The first-order valence-electron chi connectivity index (χ1n) is 10.4. The summed E-state index contributed by atoms with van der Waals surface area (Å²) in [5.74, 6) is -0.443. The largest absolute Gasteiger partial charge is 0.352 e. The lowest BCUT2D eigenvalue weighted by atomic mass is 9.90. The van der Waals surface area contributed by atoms with Crippen molar-refractivity contribution >= 4 is 11.8 Å². The maximum Gasteiger partial charge on any atom is 0.269 e. The van der Waals surface area contributed by atoms with Gasteiger partial charge in [0.2, 0.25) is 5.91 Å². The van der Waals surface area contributed by atoms with Crippen LogP contribution in [0.4, 0.5) is 0 Å². The summed E-state index contributed by atoms with van der Waals surface area (Å²) in [7, 11) is 3.10. The van der Waals surface area contributed by atoms with E-state index in [0.717, 1.165) is 36.8 Å². The SMILES string of the molecule is CCCCC[C@@H](CC(=O)NNC(=O)c1ccc(C(OC)OC)cc1)c1ccccc1. The Morgan fingerprint density at radius 2 is 1.53 bits per heavy atom. The summed E-state index contributed by atoms with van der Waals surface area (Å²) in [5.41, 5.74) is 7.43. The Morgan fingerprint density at radius 1 is 0.867 bits per heavy atom. The number of carbonyl (C=O) groups excluding carboxylic acids is 2. The van der Waals surface area contributed by atoms with Gasteiger partial charge in [0, 0.05) is 31.8 Å². The molecule has 30 heavy (non-hydrogen) atoms. The molecule has 0 saturated carbocycles. The summed E-state index contributed by atoms with van der Waals surface area (Å²) in [4.78, 5) is 24.8. The molecule has 2 aromatic rings. The van der Waals surface area contributed by atoms with E-state index < -0.39 is 6.29 Å². The zero-order chi connectivity index (χ0) is 21.8. The van der Waals surface area contributed by atoms with Crippen LogP contribution in [-0.2, 0) is 14.3 Å². The molecule has 0 radical (unpaired) electrons. The molecule has 2 N–H and O–H groups in total. The minimum Gasteiger partial charge on any atom is -0.352 e. The second kappa shape index (κ2) is 12.8. The van der Waals surface area contributed by atoms with Crippen LogP contribution >= 0.6 is 0 Å². The van der Waals surface area contributed by atoms with Gasteiger partial charge in [-0.05, 0) is 30.0 Å². The van der Waals surface area contributed by atoms with Gasteiger partial charge >= 0.3 is 0 Å². The van der Waals surface area contributed by atoms with Crippen LogP contribution in [0.3, 0.4) is 0 Å². The molecule has 0 spiro atoms. The van der Waals surface area contributed by atoms with Crippen LogP contribution < -0.4 is 10.9 Å². The van der Waals surface area contributed by atoms with Crippen LogP contribution in [0.2, 0.25) is 0 Å². The number of amides is 2. The minimum atomic E-state index is -0.482. The fraction of sp³-hybridized carbons (Fsp3) is 0.417. The first-order chi connectivity index (χ1) is 14.6. The zero-order valence-electron chi connectivity index (χ0n) is 18.0. The summed E-state index contributed by atoms with van der Waals surface area (Å²) in [6.45, 7) is 2.16. The number of ether oxygens (including phenoxy) is 2. The van der Waals surface area contributed by atoms with Gasteiger partial charge in [-0.3, -0.25) is 20.4 Å². The first-order valence-corrected chi connectivity index (χ1v) is 10.4. The Hall–Kier alpha value is -2.70. The van der Waals surface area contributed by atoms with Crippen molar-refractivity contribution in [2.75, 3.05) is 14.2 Å². The molecular formula is C24H32N2O4. The van der Waals surface area contributed by atoms with Gasteiger partial charge in [-0.25, -0.2) is 0 Å². The van der Waals surface area contributed by atoms with E-state index >= 15 is 0 Å². The summed E-state index contributed by atoms with van der Waals surface area (Å²) < 4.78 is 10.4. The van der Waals surface area contributed by atoms with Crippen LogP contribution in [0.1, 0.15) is 72.7 Å². The van der Waals surface area contributed by atoms with Gasteiger partial charge in [0.25, 0.3) is 5.91 Å². The molecule has 2 rings (SSSR count). The molecular weight excluding hydrogens is 380 g/mol. The fourth-order valence-electron chi connectivity index (χ4n) is 3.39. The van der Waals surface area contributed by atoms with Crippen LogP contribution in [0.25, 0.3) is 0 Å². The molecule has 162 valence electrons. The summed E-state index contributed by atoms with van der Waals surface area (Å²) in [6, 6.07) is 16.9. The predicted molar refractivity (Wildman–Crippen MR) is 117 cm³/mol. The van der Waals surface area contributed by atoms with Gasteiger partial charge in [-0.2, -0.15) is 0 Å². The molecule has 0 unspecified atom stereocenters. The normalized spacial score (nSPS) is 11.9. The molecule has 0 aliphatic carbocycles. The fourth-order valence-corrected chi connectivity index (χ4v) is 3.39. The molecule has 2 amide bonds. The number of carbonyl (C=O) groups is 2. The maximum atomic E-state index is 12.5. The topological polar surface area (TPSA) is 76.7 Å². The molecule has 6 heteroatoms.